The summed E-state index contributed by atoms with van der Waals surface area (Å²) in [6, 6.07) is 9.75. The maximum absolute atomic E-state index is 12.0. The third-order valence-corrected chi connectivity index (χ3v) is 3.95. The zero-order valence-electron chi connectivity index (χ0n) is 14.2. The first-order valence-electron chi connectivity index (χ1n) is 8.14. The first-order valence-corrected chi connectivity index (χ1v) is 8.14. The average molecular weight is 336 g/mol. The van der Waals surface area contributed by atoms with Gasteiger partial charge in [-0.3, -0.25) is 4.79 Å². The summed E-state index contributed by atoms with van der Waals surface area (Å²) in [5.74, 6) is -0.466. The van der Waals surface area contributed by atoms with Crippen molar-refractivity contribution < 1.29 is 28.8 Å². The van der Waals surface area contributed by atoms with E-state index in [1.165, 1.54) is 0 Å². The smallest absolute Gasteiger partial charge is 0.309 e. The molecule has 2 fully saturated rings. The molecule has 0 spiro atoms. The van der Waals surface area contributed by atoms with E-state index in [0.717, 1.165) is 5.56 Å². The normalized spacial score (nSPS) is 32.1. The van der Waals surface area contributed by atoms with Crippen LogP contribution in [0.15, 0.2) is 30.3 Å². The fourth-order valence-electron chi connectivity index (χ4n) is 2.84. The quantitative estimate of drug-likeness (QED) is 0.652. The van der Waals surface area contributed by atoms with Gasteiger partial charge in [0.05, 0.1) is 19.6 Å². The van der Waals surface area contributed by atoms with E-state index in [1.807, 2.05) is 30.3 Å². The molecule has 0 radical (unpaired) electrons. The summed E-state index contributed by atoms with van der Waals surface area (Å²) in [7, 11) is 0. The molecule has 3 rings (SSSR count). The number of hydrogen-bond donors (Lipinski definition) is 1. The molecule has 0 amide bonds. The maximum Gasteiger partial charge on any atom is 0.309 e. The second-order valence-electron chi connectivity index (χ2n) is 7.36. The van der Waals surface area contributed by atoms with Gasteiger partial charge in [0.15, 0.2) is 6.29 Å². The molecule has 2 aliphatic heterocycles. The molecule has 1 N–H and O–H groups in total. The average Bonchev–Trinajstić information content (AvgIpc) is 3.27. The molecule has 6 heteroatoms. The Bertz CT molecular complexity index is 581. The lowest BCUT2D eigenvalue weighted by molar-refractivity contribution is -0.208. The van der Waals surface area contributed by atoms with Gasteiger partial charge in [-0.2, -0.15) is 0 Å². The zero-order chi connectivity index (χ0) is 17.4. The van der Waals surface area contributed by atoms with Gasteiger partial charge >= 0.3 is 5.97 Å². The Kier molecular flexibility index (Phi) is 4.66. The first kappa shape index (κ1) is 17.4. The summed E-state index contributed by atoms with van der Waals surface area (Å²) in [4.78, 5) is 12.0. The summed E-state index contributed by atoms with van der Waals surface area (Å²) >= 11 is 0. The van der Waals surface area contributed by atoms with Crippen LogP contribution >= 0.6 is 0 Å². The fourth-order valence-corrected chi connectivity index (χ4v) is 2.84. The number of epoxide rings is 1. The van der Waals surface area contributed by atoms with Crippen molar-refractivity contribution in [1.82, 2.24) is 0 Å². The summed E-state index contributed by atoms with van der Waals surface area (Å²) < 4.78 is 22.1. The van der Waals surface area contributed by atoms with Crippen LogP contribution in [0.25, 0.3) is 0 Å². The first-order chi connectivity index (χ1) is 11.3. The molecule has 0 bridgehead atoms. The van der Waals surface area contributed by atoms with Crippen LogP contribution in [0.2, 0.25) is 0 Å². The van der Waals surface area contributed by atoms with E-state index in [4.69, 9.17) is 18.9 Å². The SMILES string of the molecule is CC(C)(C)OC(=O)C[C@]1(O)CO[C@H](OCc2ccccc2)[C@@H]2O[C@@H]21. The number of benzene rings is 1. The third kappa shape index (κ3) is 4.13. The van der Waals surface area contributed by atoms with E-state index in [9.17, 15) is 9.90 Å². The molecular weight excluding hydrogens is 312 g/mol. The van der Waals surface area contributed by atoms with Gasteiger partial charge in [0.2, 0.25) is 0 Å². The molecule has 1 aromatic rings. The summed E-state index contributed by atoms with van der Waals surface area (Å²) in [5.41, 5.74) is -0.916. The molecule has 4 atom stereocenters. The second-order valence-corrected chi connectivity index (χ2v) is 7.36. The summed E-state index contributed by atoms with van der Waals surface area (Å²) in [6.07, 6.45) is -1.50. The lowest BCUT2D eigenvalue weighted by atomic mass is 9.92. The molecule has 2 heterocycles. The van der Waals surface area contributed by atoms with Crippen molar-refractivity contribution >= 4 is 5.97 Å². The molecular formula is C18H24O6. The number of aliphatic hydroxyl groups is 1. The minimum absolute atomic E-state index is 0.0210. The molecule has 2 aliphatic rings. The minimum atomic E-state index is -1.36. The van der Waals surface area contributed by atoms with Gasteiger partial charge in [-0.15, -0.1) is 0 Å². The number of fused-ring (bicyclic) bond motifs is 1. The Balaban J connectivity index is 1.51. The number of ether oxygens (including phenoxy) is 4. The lowest BCUT2D eigenvalue weighted by Crippen LogP contribution is -2.51. The Morgan fingerprint density at radius 3 is 2.71 bits per heavy atom. The number of esters is 1. The van der Waals surface area contributed by atoms with Crippen LogP contribution in [0.5, 0.6) is 0 Å². The predicted octanol–water partition coefficient (Wildman–Crippen LogP) is 1.79. The van der Waals surface area contributed by atoms with Crippen LogP contribution in [0.4, 0.5) is 0 Å². The van der Waals surface area contributed by atoms with E-state index in [2.05, 4.69) is 0 Å². The highest BCUT2D eigenvalue weighted by Crippen LogP contribution is 2.43. The van der Waals surface area contributed by atoms with Gasteiger partial charge in [-0.25, -0.2) is 0 Å². The molecule has 24 heavy (non-hydrogen) atoms. The van der Waals surface area contributed by atoms with E-state index in [0.29, 0.717) is 6.61 Å². The lowest BCUT2D eigenvalue weighted by Gasteiger charge is -2.32. The highest BCUT2D eigenvalue weighted by atomic mass is 16.7. The van der Waals surface area contributed by atoms with E-state index < -0.39 is 29.6 Å². The van der Waals surface area contributed by atoms with Crippen molar-refractivity contribution in [2.75, 3.05) is 6.61 Å². The Morgan fingerprint density at radius 1 is 1.33 bits per heavy atom. The number of hydrogen-bond acceptors (Lipinski definition) is 6. The Hall–Kier alpha value is -1.47. The maximum atomic E-state index is 12.0. The van der Waals surface area contributed by atoms with Crippen LogP contribution in [-0.4, -0.2) is 47.4 Å². The van der Waals surface area contributed by atoms with Crippen molar-refractivity contribution in [3.05, 3.63) is 35.9 Å². The molecule has 2 saturated heterocycles. The van der Waals surface area contributed by atoms with Crippen molar-refractivity contribution in [3.8, 4) is 0 Å². The van der Waals surface area contributed by atoms with Crippen molar-refractivity contribution in [2.45, 2.75) is 63.5 Å². The topological polar surface area (TPSA) is 77.5 Å². The van der Waals surface area contributed by atoms with Gasteiger partial charge in [-0.1, -0.05) is 30.3 Å². The van der Waals surface area contributed by atoms with E-state index in [-0.39, 0.29) is 19.1 Å². The van der Waals surface area contributed by atoms with Crippen LogP contribution in [0, 0.1) is 0 Å². The Labute approximate surface area is 141 Å². The summed E-state index contributed by atoms with van der Waals surface area (Å²) in [6.45, 7) is 5.75. The van der Waals surface area contributed by atoms with Gasteiger partial charge in [0.1, 0.15) is 23.4 Å². The van der Waals surface area contributed by atoms with E-state index >= 15 is 0 Å². The van der Waals surface area contributed by atoms with Gasteiger partial charge < -0.3 is 24.1 Å². The van der Waals surface area contributed by atoms with Gasteiger partial charge in [0.25, 0.3) is 0 Å². The number of carbonyl (C=O) groups excluding carboxylic acids is 1. The number of carbonyl (C=O) groups is 1. The van der Waals surface area contributed by atoms with E-state index in [1.54, 1.807) is 20.8 Å². The Morgan fingerprint density at radius 2 is 2.04 bits per heavy atom. The highest BCUT2D eigenvalue weighted by molar-refractivity contribution is 5.71. The largest absolute Gasteiger partial charge is 0.460 e. The molecule has 0 unspecified atom stereocenters. The van der Waals surface area contributed by atoms with Gasteiger partial charge in [0, 0.05) is 0 Å². The monoisotopic (exact) mass is 336 g/mol. The molecule has 1 aromatic carbocycles. The fraction of sp³-hybridized carbons (Fsp3) is 0.611. The predicted molar refractivity (Wildman–Crippen MR) is 85.0 cm³/mol. The molecule has 0 aliphatic carbocycles. The van der Waals surface area contributed by atoms with Crippen molar-refractivity contribution in [2.24, 2.45) is 0 Å². The van der Waals surface area contributed by atoms with Crippen LogP contribution < -0.4 is 0 Å². The van der Waals surface area contributed by atoms with Crippen LogP contribution in [0.3, 0.4) is 0 Å². The standard InChI is InChI=1S/C18H24O6/c1-17(2,3)24-13(19)9-18(20)11-22-16(14-15(18)23-14)21-10-12-7-5-4-6-8-12/h4-8,14-16,20H,9-11H2,1-3H3/t14-,15+,16+,18+/m1/s1. The zero-order valence-corrected chi connectivity index (χ0v) is 14.2. The second kappa shape index (κ2) is 6.44. The van der Waals surface area contributed by atoms with Crippen LogP contribution in [0.1, 0.15) is 32.8 Å². The number of rotatable bonds is 5. The van der Waals surface area contributed by atoms with Crippen molar-refractivity contribution in [3.63, 3.8) is 0 Å². The minimum Gasteiger partial charge on any atom is -0.460 e. The third-order valence-electron chi connectivity index (χ3n) is 3.95. The van der Waals surface area contributed by atoms with Crippen molar-refractivity contribution in [1.29, 1.82) is 0 Å². The molecule has 0 aromatic heterocycles. The highest BCUT2D eigenvalue weighted by Gasteiger charge is 2.63. The molecule has 0 saturated carbocycles. The molecule has 6 nitrogen and oxygen atoms in total. The molecule has 132 valence electrons. The summed E-state index contributed by atoms with van der Waals surface area (Å²) in [5, 5.41) is 10.6. The van der Waals surface area contributed by atoms with Crippen LogP contribution in [-0.2, 0) is 30.3 Å². The van der Waals surface area contributed by atoms with Gasteiger partial charge in [-0.05, 0) is 26.3 Å².